The monoisotopic (exact) mass is 624 g/mol. The number of nitrogens with one attached hydrogen (secondary N) is 2. The summed E-state index contributed by atoms with van der Waals surface area (Å²) in [6.07, 6.45) is 7.12. The third-order valence-electron chi connectivity index (χ3n) is 7.84. The van der Waals surface area contributed by atoms with E-state index in [0.29, 0.717) is 53.0 Å². The molecule has 5 rings (SSSR count). The summed E-state index contributed by atoms with van der Waals surface area (Å²) < 4.78 is 24.9. The van der Waals surface area contributed by atoms with Gasteiger partial charge < -0.3 is 20.1 Å². The number of hydrogen-bond donors (Lipinski definition) is 2. The number of esters is 1. The highest BCUT2D eigenvalue weighted by Crippen LogP contribution is 2.36. The average Bonchev–Trinajstić information content (AvgIpc) is 3.82. The zero-order chi connectivity index (χ0) is 31.3. The van der Waals surface area contributed by atoms with E-state index >= 15 is 0 Å². The van der Waals surface area contributed by atoms with Crippen molar-refractivity contribution in [3.05, 3.63) is 59.7 Å². The smallest absolute Gasteiger partial charge is 0.320 e. The molecule has 1 aliphatic heterocycles. The first-order chi connectivity index (χ1) is 21.1. The van der Waals surface area contributed by atoms with Crippen molar-refractivity contribution >= 4 is 51.6 Å². The van der Waals surface area contributed by atoms with Crippen LogP contribution in [0.2, 0.25) is 5.02 Å². The molecule has 234 valence electrons. The molecular formula is C32H38ClFN6O4. The lowest BCUT2D eigenvalue weighted by Gasteiger charge is -2.42. The van der Waals surface area contributed by atoms with Gasteiger partial charge in [0.2, 0.25) is 5.91 Å². The van der Waals surface area contributed by atoms with Crippen molar-refractivity contribution in [3.8, 4) is 5.75 Å². The Labute approximate surface area is 261 Å². The molecular weight excluding hydrogens is 587 g/mol. The van der Waals surface area contributed by atoms with Gasteiger partial charge in [-0.1, -0.05) is 17.7 Å². The fourth-order valence-electron chi connectivity index (χ4n) is 5.03. The van der Waals surface area contributed by atoms with Crippen LogP contribution in [0.5, 0.6) is 5.75 Å². The van der Waals surface area contributed by atoms with Crippen LogP contribution in [-0.2, 0) is 14.3 Å². The van der Waals surface area contributed by atoms with E-state index in [2.05, 4.69) is 44.2 Å². The Morgan fingerprint density at radius 3 is 2.61 bits per heavy atom. The number of anilines is 3. The quantitative estimate of drug-likeness (QED) is 0.202. The van der Waals surface area contributed by atoms with Crippen LogP contribution in [-0.4, -0.2) is 83.1 Å². The molecule has 12 heteroatoms. The lowest BCUT2D eigenvalue weighted by atomic mass is 10.0. The van der Waals surface area contributed by atoms with Gasteiger partial charge in [-0.2, -0.15) is 0 Å². The standard InChI is InChI=1S/C32H38ClFN6O4/c1-4-43-30(42)18-39-11-13-40(14-12-39)32(2,3)10-9-29(41)38-27-16-23-26(17-28(27)44-19-21-5-6-21)35-20-36-31(23)37-22-7-8-25(34)24(33)15-22/h7-10,15-17,20-21H,4-6,11-14,18-19H2,1-3H3,(H,38,41)(H,35,36,37)/b10-9+. The number of carbonyl (C=O) groups is 2. The molecule has 1 saturated carbocycles. The van der Waals surface area contributed by atoms with E-state index in [1.54, 1.807) is 31.2 Å². The summed E-state index contributed by atoms with van der Waals surface area (Å²) in [7, 11) is 0. The zero-order valence-electron chi connectivity index (χ0n) is 25.2. The van der Waals surface area contributed by atoms with E-state index in [9.17, 15) is 14.0 Å². The van der Waals surface area contributed by atoms with Crippen molar-refractivity contribution in [3.63, 3.8) is 0 Å². The molecule has 10 nitrogen and oxygen atoms in total. The number of hydrogen-bond acceptors (Lipinski definition) is 9. The van der Waals surface area contributed by atoms with Gasteiger partial charge in [0.15, 0.2) is 0 Å². The number of aromatic nitrogens is 2. The van der Waals surface area contributed by atoms with Crippen LogP contribution in [0, 0.1) is 11.7 Å². The predicted molar refractivity (Wildman–Crippen MR) is 169 cm³/mol. The molecule has 2 heterocycles. The Bertz CT molecular complexity index is 1540. The molecule has 0 atom stereocenters. The number of nitrogens with zero attached hydrogens (tertiary/aromatic N) is 4. The highest BCUT2D eigenvalue weighted by Gasteiger charge is 2.29. The molecule has 1 amide bonds. The van der Waals surface area contributed by atoms with Crippen LogP contribution < -0.4 is 15.4 Å². The highest BCUT2D eigenvalue weighted by molar-refractivity contribution is 6.31. The van der Waals surface area contributed by atoms with Crippen molar-refractivity contribution in [1.82, 2.24) is 19.8 Å². The maximum atomic E-state index is 13.7. The lowest BCUT2D eigenvalue weighted by molar-refractivity contribution is -0.145. The van der Waals surface area contributed by atoms with Gasteiger partial charge in [0, 0.05) is 54.9 Å². The molecule has 1 aliphatic carbocycles. The van der Waals surface area contributed by atoms with Crippen molar-refractivity contribution in [2.45, 2.75) is 39.2 Å². The number of ether oxygens (including phenoxy) is 2. The van der Waals surface area contributed by atoms with Crippen LogP contribution in [0.4, 0.5) is 21.6 Å². The molecule has 2 aliphatic rings. The van der Waals surface area contributed by atoms with Gasteiger partial charge in [-0.25, -0.2) is 14.4 Å². The van der Waals surface area contributed by atoms with Crippen molar-refractivity contribution in [2.75, 3.05) is 56.6 Å². The predicted octanol–water partition coefficient (Wildman–Crippen LogP) is 5.41. The van der Waals surface area contributed by atoms with Crippen molar-refractivity contribution in [1.29, 1.82) is 0 Å². The Hall–Kier alpha value is -3.80. The Morgan fingerprint density at radius 1 is 1.14 bits per heavy atom. The first-order valence-corrected chi connectivity index (χ1v) is 15.3. The van der Waals surface area contributed by atoms with Gasteiger partial charge in [-0.05, 0) is 63.8 Å². The fraction of sp³-hybridized carbons (Fsp3) is 0.438. The molecule has 3 aromatic rings. The summed E-state index contributed by atoms with van der Waals surface area (Å²) in [6.45, 7) is 10.2. The van der Waals surface area contributed by atoms with E-state index in [-0.39, 0.29) is 29.0 Å². The molecule has 0 spiro atoms. The van der Waals surface area contributed by atoms with Gasteiger partial charge in [-0.15, -0.1) is 0 Å². The summed E-state index contributed by atoms with van der Waals surface area (Å²) in [5, 5.41) is 6.80. The molecule has 2 aromatic carbocycles. The Morgan fingerprint density at radius 2 is 1.91 bits per heavy atom. The number of fused-ring (bicyclic) bond motifs is 1. The Balaban J connectivity index is 1.30. The number of benzene rings is 2. The van der Waals surface area contributed by atoms with Gasteiger partial charge in [0.1, 0.15) is 23.7 Å². The summed E-state index contributed by atoms with van der Waals surface area (Å²) in [5.41, 5.74) is 1.29. The molecule has 0 radical (unpaired) electrons. The van der Waals surface area contributed by atoms with E-state index < -0.39 is 5.82 Å². The summed E-state index contributed by atoms with van der Waals surface area (Å²) in [5.74, 6) is 0.489. The molecule has 44 heavy (non-hydrogen) atoms. The van der Waals surface area contributed by atoms with Gasteiger partial charge in [-0.3, -0.25) is 19.4 Å². The van der Waals surface area contributed by atoms with E-state index in [4.69, 9.17) is 21.1 Å². The molecule has 2 N–H and O–H groups in total. The topological polar surface area (TPSA) is 109 Å². The third-order valence-corrected chi connectivity index (χ3v) is 8.13. The van der Waals surface area contributed by atoms with Crippen LogP contribution >= 0.6 is 11.6 Å². The van der Waals surface area contributed by atoms with E-state index in [0.717, 1.165) is 39.0 Å². The summed E-state index contributed by atoms with van der Waals surface area (Å²) >= 11 is 5.97. The minimum Gasteiger partial charge on any atom is -0.491 e. The van der Waals surface area contributed by atoms with Crippen molar-refractivity contribution in [2.24, 2.45) is 5.92 Å². The second-order valence-electron chi connectivity index (χ2n) is 11.6. The zero-order valence-corrected chi connectivity index (χ0v) is 26.0. The SMILES string of the molecule is CCOC(=O)CN1CCN(C(C)(C)/C=C/C(=O)Nc2cc3c(Nc4ccc(F)c(Cl)c4)ncnc3cc2OCC2CC2)CC1. The number of halogens is 2. The molecule has 2 fully saturated rings. The number of piperazine rings is 1. The first-order valence-electron chi connectivity index (χ1n) is 14.9. The van der Waals surface area contributed by atoms with Crippen LogP contribution in [0.15, 0.2) is 48.8 Å². The minimum absolute atomic E-state index is 0.00894. The number of carbonyl (C=O) groups excluding carboxylic acids is 2. The minimum atomic E-state index is -0.514. The number of amides is 1. The van der Waals surface area contributed by atoms with Gasteiger partial charge in [0.05, 0.1) is 36.0 Å². The first kappa shape index (κ1) is 31.6. The Kier molecular flexibility index (Phi) is 9.97. The van der Waals surface area contributed by atoms with E-state index in [1.165, 1.54) is 18.5 Å². The molecule has 1 aromatic heterocycles. The molecule has 0 unspecified atom stereocenters. The summed E-state index contributed by atoms with van der Waals surface area (Å²) in [4.78, 5) is 38.2. The average molecular weight is 625 g/mol. The number of rotatable bonds is 12. The van der Waals surface area contributed by atoms with Crippen molar-refractivity contribution < 1.29 is 23.5 Å². The highest BCUT2D eigenvalue weighted by atomic mass is 35.5. The van der Waals surface area contributed by atoms with Crippen LogP contribution in [0.3, 0.4) is 0 Å². The van der Waals surface area contributed by atoms with Gasteiger partial charge in [0.25, 0.3) is 0 Å². The lowest BCUT2D eigenvalue weighted by Crippen LogP contribution is -2.54. The van der Waals surface area contributed by atoms with Crippen LogP contribution in [0.25, 0.3) is 10.9 Å². The summed E-state index contributed by atoms with van der Waals surface area (Å²) in [6, 6.07) is 7.90. The van der Waals surface area contributed by atoms with Gasteiger partial charge >= 0.3 is 5.97 Å². The fourth-order valence-corrected chi connectivity index (χ4v) is 5.21. The molecule has 1 saturated heterocycles. The van der Waals surface area contributed by atoms with E-state index in [1.807, 2.05) is 6.08 Å². The normalized spacial score (nSPS) is 16.3. The maximum Gasteiger partial charge on any atom is 0.320 e. The molecule has 0 bridgehead atoms. The van der Waals surface area contributed by atoms with Crippen LogP contribution in [0.1, 0.15) is 33.6 Å². The second kappa shape index (κ2) is 13.9. The second-order valence-corrected chi connectivity index (χ2v) is 12.0. The maximum absolute atomic E-state index is 13.7. The third kappa shape index (κ3) is 8.22. The largest absolute Gasteiger partial charge is 0.491 e.